The van der Waals surface area contributed by atoms with Crippen molar-refractivity contribution < 1.29 is 4.84 Å². The predicted molar refractivity (Wildman–Crippen MR) is 87.5 cm³/mol. The Morgan fingerprint density at radius 3 is 2.67 bits per heavy atom. The Hall–Kier alpha value is -1.51. The summed E-state index contributed by atoms with van der Waals surface area (Å²) in [5, 5.41) is 5.34. The minimum atomic E-state index is 0.312. The van der Waals surface area contributed by atoms with Gasteiger partial charge in [0, 0.05) is 11.5 Å². The van der Waals surface area contributed by atoms with E-state index >= 15 is 0 Å². The molecule has 0 saturated heterocycles. The zero-order valence-corrected chi connectivity index (χ0v) is 13.2. The van der Waals surface area contributed by atoms with Gasteiger partial charge >= 0.3 is 0 Å². The summed E-state index contributed by atoms with van der Waals surface area (Å²) in [6.45, 7) is 0. The van der Waals surface area contributed by atoms with Crippen LogP contribution in [0.1, 0.15) is 35.4 Å². The normalized spacial score (nSPS) is 19.4. The third-order valence-corrected chi connectivity index (χ3v) is 4.60. The molecule has 2 nitrogen and oxygen atoms in total. The summed E-state index contributed by atoms with van der Waals surface area (Å²) in [5.41, 5.74) is 4.61. The summed E-state index contributed by atoms with van der Waals surface area (Å²) < 4.78 is 0. The molecule has 0 fully saturated rings. The van der Waals surface area contributed by atoms with Crippen LogP contribution < -0.4 is 0 Å². The molecular formula is C17H15Cl2NO. The van der Waals surface area contributed by atoms with Gasteiger partial charge in [0.15, 0.2) is 0 Å². The highest BCUT2D eigenvalue weighted by Gasteiger charge is 2.26. The lowest BCUT2D eigenvalue weighted by molar-refractivity contribution is 0.212. The van der Waals surface area contributed by atoms with Crippen LogP contribution in [-0.2, 0) is 4.84 Å². The number of benzene rings is 2. The van der Waals surface area contributed by atoms with Crippen LogP contribution in [0, 0.1) is 0 Å². The fourth-order valence-electron chi connectivity index (χ4n) is 2.92. The maximum Gasteiger partial charge on any atom is 0.106 e. The lowest BCUT2D eigenvalue weighted by Crippen LogP contribution is -2.17. The van der Waals surface area contributed by atoms with Crippen LogP contribution in [0.4, 0.5) is 0 Å². The maximum atomic E-state index is 6.16. The van der Waals surface area contributed by atoms with E-state index in [-0.39, 0.29) is 0 Å². The second-order valence-electron chi connectivity index (χ2n) is 5.07. The van der Waals surface area contributed by atoms with E-state index < -0.39 is 0 Å². The molecule has 3 rings (SSSR count). The SMILES string of the molecule is CON=C1CCC(c2ccc(Cl)c(Cl)c2)c2ccccc21. The average Bonchev–Trinajstić information content (AvgIpc) is 2.51. The monoisotopic (exact) mass is 319 g/mol. The Labute approximate surface area is 134 Å². The molecule has 0 N–H and O–H groups in total. The van der Waals surface area contributed by atoms with E-state index in [1.54, 1.807) is 7.11 Å². The Balaban J connectivity index is 2.07. The molecule has 0 saturated carbocycles. The molecule has 0 aromatic heterocycles. The van der Waals surface area contributed by atoms with Gasteiger partial charge in [0.2, 0.25) is 0 Å². The second kappa shape index (κ2) is 6.08. The van der Waals surface area contributed by atoms with Crippen LogP contribution in [0.3, 0.4) is 0 Å². The molecule has 2 aromatic carbocycles. The molecule has 1 aliphatic rings. The number of hydrogen-bond acceptors (Lipinski definition) is 2. The van der Waals surface area contributed by atoms with Gasteiger partial charge in [-0.15, -0.1) is 0 Å². The zero-order chi connectivity index (χ0) is 14.8. The van der Waals surface area contributed by atoms with Crippen molar-refractivity contribution in [1.82, 2.24) is 0 Å². The van der Waals surface area contributed by atoms with Crippen molar-refractivity contribution in [1.29, 1.82) is 0 Å². The first-order valence-electron chi connectivity index (χ1n) is 6.85. The van der Waals surface area contributed by atoms with Gasteiger partial charge in [0.1, 0.15) is 7.11 Å². The molecule has 1 unspecified atom stereocenters. The molecule has 0 amide bonds. The maximum absolute atomic E-state index is 6.16. The molecule has 0 radical (unpaired) electrons. The Morgan fingerprint density at radius 1 is 1.10 bits per heavy atom. The van der Waals surface area contributed by atoms with Crippen LogP contribution in [0.25, 0.3) is 0 Å². The second-order valence-corrected chi connectivity index (χ2v) is 5.89. The van der Waals surface area contributed by atoms with Gasteiger partial charge in [-0.25, -0.2) is 0 Å². The van der Waals surface area contributed by atoms with E-state index in [4.69, 9.17) is 28.0 Å². The predicted octanol–water partition coefficient (Wildman–Crippen LogP) is 5.27. The zero-order valence-electron chi connectivity index (χ0n) is 11.6. The third kappa shape index (κ3) is 2.78. The number of hydrogen-bond donors (Lipinski definition) is 0. The van der Waals surface area contributed by atoms with E-state index in [9.17, 15) is 0 Å². The van der Waals surface area contributed by atoms with Gasteiger partial charge in [0.25, 0.3) is 0 Å². The summed E-state index contributed by atoms with van der Waals surface area (Å²) in [7, 11) is 1.58. The smallest absolute Gasteiger partial charge is 0.106 e. The Bertz CT molecular complexity index is 697. The highest BCUT2D eigenvalue weighted by Crippen LogP contribution is 2.38. The topological polar surface area (TPSA) is 21.6 Å². The van der Waals surface area contributed by atoms with Crippen molar-refractivity contribution in [3.63, 3.8) is 0 Å². The molecular weight excluding hydrogens is 305 g/mol. The molecule has 1 atom stereocenters. The van der Waals surface area contributed by atoms with Crippen LogP contribution >= 0.6 is 23.2 Å². The van der Waals surface area contributed by atoms with Crippen LogP contribution in [0.15, 0.2) is 47.6 Å². The fraction of sp³-hybridized carbons (Fsp3) is 0.235. The minimum Gasteiger partial charge on any atom is -0.399 e. The molecule has 0 aliphatic heterocycles. The first kappa shape index (κ1) is 14.4. The number of oxime groups is 1. The van der Waals surface area contributed by atoms with Gasteiger partial charge in [-0.1, -0.05) is 58.7 Å². The molecule has 0 heterocycles. The molecule has 0 bridgehead atoms. The van der Waals surface area contributed by atoms with Gasteiger partial charge in [-0.3, -0.25) is 0 Å². The van der Waals surface area contributed by atoms with Crippen molar-refractivity contribution in [2.45, 2.75) is 18.8 Å². The third-order valence-electron chi connectivity index (χ3n) is 3.86. The van der Waals surface area contributed by atoms with E-state index in [1.807, 2.05) is 24.3 Å². The largest absolute Gasteiger partial charge is 0.399 e. The van der Waals surface area contributed by atoms with E-state index in [1.165, 1.54) is 11.1 Å². The first-order chi connectivity index (χ1) is 10.2. The lowest BCUT2D eigenvalue weighted by Gasteiger charge is -2.26. The first-order valence-corrected chi connectivity index (χ1v) is 7.60. The molecule has 2 aromatic rings. The quantitative estimate of drug-likeness (QED) is 0.691. The summed E-state index contributed by atoms with van der Waals surface area (Å²) in [5.74, 6) is 0.312. The standard InChI is InChI=1S/C17H15Cl2NO/c1-21-20-17-9-7-12(13-4-2-3-5-14(13)17)11-6-8-15(18)16(19)10-11/h2-6,8,10,12H,7,9H2,1H3. The van der Waals surface area contributed by atoms with Crippen LogP contribution in [-0.4, -0.2) is 12.8 Å². The highest BCUT2D eigenvalue weighted by atomic mass is 35.5. The molecule has 4 heteroatoms. The van der Waals surface area contributed by atoms with E-state index in [0.29, 0.717) is 16.0 Å². The van der Waals surface area contributed by atoms with Crippen molar-refractivity contribution >= 4 is 28.9 Å². The number of nitrogens with zero attached hydrogens (tertiary/aromatic N) is 1. The van der Waals surface area contributed by atoms with Crippen molar-refractivity contribution in [2.75, 3.05) is 7.11 Å². The summed E-state index contributed by atoms with van der Waals surface area (Å²) in [6.07, 6.45) is 1.87. The summed E-state index contributed by atoms with van der Waals surface area (Å²) in [6, 6.07) is 14.2. The Kier molecular flexibility index (Phi) is 4.18. The summed E-state index contributed by atoms with van der Waals surface area (Å²) in [4.78, 5) is 4.96. The summed E-state index contributed by atoms with van der Waals surface area (Å²) >= 11 is 12.2. The number of rotatable bonds is 2. The van der Waals surface area contributed by atoms with Crippen molar-refractivity contribution in [3.05, 3.63) is 69.2 Å². The van der Waals surface area contributed by atoms with Gasteiger partial charge < -0.3 is 4.84 Å². The molecule has 1 aliphatic carbocycles. The van der Waals surface area contributed by atoms with Gasteiger partial charge in [-0.2, -0.15) is 0 Å². The van der Waals surface area contributed by atoms with E-state index in [0.717, 1.165) is 24.1 Å². The molecule has 0 spiro atoms. The number of halogens is 2. The van der Waals surface area contributed by atoms with E-state index in [2.05, 4.69) is 23.4 Å². The highest BCUT2D eigenvalue weighted by molar-refractivity contribution is 6.42. The Morgan fingerprint density at radius 2 is 1.90 bits per heavy atom. The van der Waals surface area contributed by atoms with Crippen molar-refractivity contribution in [3.8, 4) is 0 Å². The van der Waals surface area contributed by atoms with Gasteiger partial charge in [-0.05, 0) is 36.1 Å². The van der Waals surface area contributed by atoms with Gasteiger partial charge in [0.05, 0.1) is 15.8 Å². The lowest BCUT2D eigenvalue weighted by atomic mass is 9.78. The molecule has 21 heavy (non-hydrogen) atoms. The average molecular weight is 320 g/mol. The molecule has 108 valence electrons. The minimum absolute atomic E-state index is 0.312. The van der Waals surface area contributed by atoms with Crippen LogP contribution in [0.5, 0.6) is 0 Å². The fourth-order valence-corrected chi connectivity index (χ4v) is 3.22. The number of fused-ring (bicyclic) bond motifs is 1. The van der Waals surface area contributed by atoms with Crippen LogP contribution in [0.2, 0.25) is 10.0 Å². The van der Waals surface area contributed by atoms with Crippen molar-refractivity contribution in [2.24, 2.45) is 5.16 Å².